The molecule has 1 fully saturated rings. The molecule has 2 heterocycles. The number of methoxy groups -OCH3 is 1. The third kappa shape index (κ3) is 4.18. The zero-order chi connectivity index (χ0) is 17.0. The summed E-state index contributed by atoms with van der Waals surface area (Å²) >= 11 is 0. The van der Waals surface area contributed by atoms with Crippen LogP contribution < -0.4 is 9.47 Å². The van der Waals surface area contributed by atoms with Gasteiger partial charge in [0.15, 0.2) is 0 Å². The summed E-state index contributed by atoms with van der Waals surface area (Å²) in [7, 11) is 1.52. The smallest absolute Gasteiger partial charge is 0.316 e. The number of β-amino-alcohol motifs (C(OH)–C–C–N with tert-alkyl or cyclic N) is 1. The third-order valence-corrected chi connectivity index (χ3v) is 4.00. The average Bonchev–Trinajstić information content (AvgIpc) is 2.96. The van der Waals surface area contributed by atoms with Gasteiger partial charge in [-0.3, -0.25) is 4.90 Å². The Morgan fingerprint density at radius 2 is 1.96 bits per heavy atom. The van der Waals surface area contributed by atoms with E-state index in [0.717, 1.165) is 12.1 Å². The highest BCUT2D eigenvalue weighted by Gasteiger charge is 2.36. The molecular formula is C17H20FN3O3. The predicted octanol–water partition coefficient (Wildman–Crippen LogP) is 1.64. The lowest BCUT2D eigenvalue weighted by atomic mass is 10.1. The summed E-state index contributed by atoms with van der Waals surface area (Å²) in [6.07, 6.45) is 4.06. The summed E-state index contributed by atoms with van der Waals surface area (Å²) in [5.74, 6) is 0.238. The summed E-state index contributed by atoms with van der Waals surface area (Å²) in [6.45, 7) is 2.09. The molecule has 1 aliphatic rings. The van der Waals surface area contributed by atoms with Gasteiger partial charge in [-0.15, -0.1) is 0 Å². The zero-order valence-electron chi connectivity index (χ0n) is 13.5. The van der Waals surface area contributed by atoms with Crippen molar-refractivity contribution in [2.75, 3.05) is 26.8 Å². The van der Waals surface area contributed by atoms with Crippen molar-refractivity contribution in [2.45, 2.75) is 18.6 Å². The maximum atomic E-state index is 12.9. The Morgan fingerprint density at radius 1 is 1.25 bits per heavy atom. The molecule has 0 spiro atoms. The molecular weight excluding hydrogens is 313 g/mol. The quantitative estimate of drug-likeness (QED) is 0.867. The van der Waals surface area contributed by atoms with E-state index in [1.165, 1.54) is 19.2 Å². The number of rotatable bonds is 6. The zero-order valence-corrected chi connectivity index (χ0v) is 13.5. The van der Waals surface area contributed by atoms with Crippen LogP contribution in [0, 0.1) is 5.82 Å². The summed E-state index contributed by atoms with van der Waals surface area (Å²) in [6, 6.07) is 6.12. The second kappa shape index (κ2) is 7.11. The fourth-order valence-electron chi connectivity index (χ4n) is 2.73. The van der Waals surface area contributed by atoms with Crippen LogP contribution in [0.1, 0.15) is 12.0 Å². The first-order valence-electron chi connectivity index (χ1n) is 7.74. The normalized spacial score (nSPS) is 21.0. The number of nitrogens with zero attached hydrogens (tertiary/aromatic N) is 3. The van der Waals surface area contributed by atoms with Crippen molar-refractivity contribution < 1.29 is 19.0 Å². The molecule has 3 rings (SSSR count). The molecule has 6 nitrogen and oxygen atoms in total. The van der Waals surface area contributed by atoms with E-state index in [-0.39, 0.29) is 12.4 Å². The van der Waals surface area contributed by atoms with Gasteiger partial charge in [0.1, 0.15) is 23.8 Å². The lowest BCUT2D eigenvalue weighted by Crippen LogP contribution is -2.39. The van der Waals surface area contributed by atoms with Crippen molar-refractivity contribution in [3.63, 3.8) is 0 Å². The van der Waals surface area contributed by atoms with Gasteiger partial charge in [-0.1, -0.05) is 0 Å². The van der Waals surface area contributed by atoms with Crippen molar-refractivity contribution in [1.82, 2.24) is 14.9 Å². The molecule has 1 saturated heterocycles. The van der Waals surface area contributed by atoms with Crippen LogP contribution in [0.25, 0.3) is 0 Å². The van der Waals surface area contributed by atoms with Gasteiger partial charge >= 0.3 is 6.01 Å². The predicted molar refractivity (Wildman–Crippen MR) is 85.3 cm³/mol. The molecule has 0 bridgehead atoms. The number of hydrogen-bond donors (Lipinski definition) is 1. The number of likely N-dealkylation sites (tertiary alicyclic amines) is 1. The first-order valence-corrected chi connectivity index (χ1v) is 7.74. The molecule has 1 aromatic carbocycles. The Hall–Kier alpha value is -2.25. The van der Waals surface area contributed by atoms with E-state index in [9.17, 15) is 9.50 Å². The Balaban J connectivity index is 1.52. The second-order valence-corrected chi connectivity index (χ2v) is 6.01. The number of aliphatic hydroxyl groups is 1. The minimum atomic E-state index is -0.915. The van der Waals surface area contributed by atoms with Gasteiger partial charge in [-0.25, -0.2) is 14.4 Å². The minimum Gasteiger partial charge on any atom is -0.491 e. The monoisotopic (exact) mass is 333 g/mol. The minimum absolute atomic E-state index is 0.175. The Labute approximate surface area is 139 Å². The SMILES string of the molecule is COc1ncc(CN2CC[C@@](O)(COc3ccc(F)cc3)C2)cn1. The van der Waals surface area contributed by atoms with Gasteiger partial charge in [0.2, 0.25) is 0 Å². The summed E-state index contributed by atoms with van der Waals surface area (Å²) in [4.78, 5) is 10.3. The summed E-state index contributed by atoms with van der Waals surface area (Å²) in [5.41, 5.74) is 0.0429. The molecule has 0 saturated carbocycles. The molecule has 7 heteroatoms. The molecule has 0 radical (unpaired) electrons. The molecule has 1 aromatic heterocycles. The van der Waals surface area contributed by atoms with Crippen molar-refractivity contribution in [2.24, 2.45) is 0 Å². The van der Waals surface area contributed by atoms with Crippen LogP contribution >= 0.6 is 0 Å². The highest BCUT2D eigenvalue weighted by Crippen LogP contribution is 2.24. The van der Waals surface area contributed by atoms with Crippen LogP contribution in [0.15, 0.2) is 36.7 Å². The number of ether oxygens (including phenoxy) is 2. The topological polar surface area (TPSA) is 67.7 Å². The van der Waals surface area contributed by atoms with Gasteiger partial charge in [0.05, 0.1) is 7.11 Å². The molecule has 0 amide bonds. The molecule has 1 aliphatic heterocycles. The van der Waals surface area contributed by atoms with Gasteiger partial charge < -0.3 is 14.6 Å². The van der Waals surface area contributed by atoms with E-state index < -0.39 is 5.60 Å². The van der Waals surface area contributed by atoms with E-state index in [1.807, 2.05) is 0 Å². The standard InChI is InChI=1S/C17H20FN3O3/c1-23-16-19-8-13(9-20-16)10-21-7-6-17(22,11-21)12-24-15-4-2-14(18)3-5-15/h2-5,8-9,22H,6-7,10-12H2,1H3/t17-/m0/s1. The van der Waals surface area contributed by atoms with Gasteiger partial charge in [-0.2, -0.15) is 0 Å². The molecule has 0 unspecified atom stereocenters. The lowest BCUT2D eigenvalue weighted by Gasteiger charge is -2.23. The van der Waals surface area contributed by atoms with Crippen LogP contribution in [0.2, 0.25) is 0 Å². The van der Waals surface area contributed by atoms with Gasteiger partial charge in [0.25, 0.3) is 0 Å². The number of halogens is 1. The second-order valence-electron chi connectivity index (χ2n) is 6.01. The van der Waals surface area contributed by atoms with E-state index in [4.69, 9.17) is 9.47 Å². The van der Waals surface area contributed by atoms with Crippen molar-refractivity contribution in [3.8, 4) is 11.8 Å². The average molecular weight is 333 g/mol. The maximum Gasteiger partial charge on any atom is 0.316 e. The number of benzene rings is 1. The Bertz CT molecular complexity index is 666. The summed E-state index contributed by atoms with van der Waals surface area (Å²) < 4.78 is 23.4. The Kier molecular flexibility index (Phi) is 4.92. The van der Waals surface area contributed by atoms with Crippen molar-refractivity contribution in [1.29, 1.82) is 0 Å². The first-order chi connectivity index (χ1) is 11.6. The van der Waals surface area contributed by atoms with Crippen LogP contribution in [-0.4, -0.2) is 52.4 Å². The van der Waals surface area contributed by atoms with Crippen LogP contribution in [0.3, 0.4) is 0 Å². The van der Waals surface area contributed by atoms with E-state index in [1.54, 1.807) is 24.5 Å². The molecule has 0 aliphatic carbocycles. The van der Waals surface area contributed by atoms with Gasteiger partial charge in [-0.05, 0) is 30.7 Å². The van der Waals surface area contributed by atoms with Gasteiger partial charge in [0, 0.05) is 37.6 Å². The summed E-state index contributed by atoms with van der Waals surface area (Å²) in [5, 5.41) is 10.6. The highest BCUT2D eigenvalue weighted by molar-refractivity contribution is 5.22. The number of aromatic nitrogens is 2. The largest absolute Gasteiger partial charge is 0.491 e. The van der Waals surface area contributed by atoms with Crippen molar-refractivity contribution >= 4 is 0 Å². The molecule has 1 atom stereocenters. The van der Waals surface area contributed by atoms with Crippen LogP contribution in [-0.2, 0) is 6.54 Å². The highest BCUT2D eigenvalue weighted by atomic mass is 19.1. The van der Waals surface area contributed by atoms with E-state index >= 15 is 0 Å². The lowest BCUT2D eigenvalue weighted by molar-refractivity contribution is 0.00335. The first kappa shape index (κ1) is 16.6. The third-order valence-electron chi connectivity index (χ3n) is 4.00. The van der Waals surface area contributed by atoms with E-state index in [2.05, 4.69) is 14.9 Å². The molecule has 2 aromatic rings. The molecule has 24 heavy (non-hydrogen) atoms. The molecule has 128 valence electrons. The Morgan fingerprint density at radius 3 is 2.62 bits per heavy atom. The van der Waals surface area contributed by atoms with Crippen LogP contribution in [0.4, 0.5) is 4.39 Å². The maximum absolute atomic E-state index is 12.9. The molecule has 1 N–H and O–H groups in total. The van der Waals surface area contributed by atoms with Crippen LogP contribution in [0.5, 0.6) is 11.8 Å². The van der Waals surface area contributed by atoms with E-state index in [0.29, 0.717) is 31.3 Å². The fourth-order valence-corrected chi connectivity index (χ4v) is 2.73. The number of hydrogen-bond acceptors (Lipinski definition) is 6. The van der Waals surface area contributed by atoms with Crippen molar-refractivity contribution in [3.05, 3.63) is 48.0 Å². The fraction of sp³-hybridized carbons (Fsp3) is 0.412.